The number of methoxy groups -OCH3 is 1. The molecule has 7 nitrogen and oxygen atoms in total. The number of hydrogen-bond acceptors (Lipinski definition) is 5. The fraction of sp³-hybridized carbons (Fsp3) is 0.333. The molecule has 0 amide bonds. The van der Waals surface area contributed by atoms with Crippen LogP contribution in [-0.4, -0.2) is 55.7 Å². The van der Waals surface area contributed by atoms with Crippen molar-refractivity contribution in [3.05, 3.63) is 66.6 Å². The summed E-state index contributed by atoms with van der Waals surface area (Å²) in [5, 5.41) is 3.41. The summed E-state index contributed by atoms with van der Waals surface area (Å²) >= 11 is 0. The molecule has 2 aromatic carbocycles. The van der Waals surface area contributed by atoms with Crippen LogP contribution in [0.2, 0.25) is 0 Å². The molecule has 0 bridgehead atoms. The van der Waals surface area contributed by atoms with E-state index in [1.54, 1.807) is 13.4 Å². The van der Waals surface area contributed by atoms with Gasteiger partial charge >= 0.3 is 0 Å². The number of halogens is 1. The van der Waals surface area contributed by atoms with E-state index in [1.807, 2.05) is 42.5 Å². The van der Waals surface area contributed by atoms with Gasteiger partial charge in [-0.3, -0.25) is 0 Å². The summed E-state index contributed by atoms with van der Waals surface area (Å²) in [7, 11) is 1.69. The van der Waals surface area contributed by atoms with Gasteiger partial charge in [0.2, 0.25) is 5.89 Å². The van der Waals surface area contributed by atoms with Crippen LogP contribution in [-0.2, 0) is 6.54 Å². The Morgan fingerprint density at radius 2 is 1.78 bits per heavy atom. The van der Waals surface area contributed by atoms with Gasteiger partial charge in [0, 0.05) is 44.0 Å². The van der Waals surface area contributed by atoms with Crippen molar-refractivity contribution >= 4 is 35.6 Å². The molecule has 1 N–H and O–H groups in total. The summed E-state index contributed by atoms with van der Waals surface area (Å²) in [6, 6.07) is 18.2. The number of hydrogen-bond donors (Lipinski definition) is 1. The third-order valence-electron chi connectivity index (χ3n) is 5.31. The van der Waals surface area contributed by atoms with Crippen LogP contribution in [0.5, 0.6) is 5.75 Å². The van der Waals surface area contributed by atoms with Crippen molar-refractivity contribution in [2.75, 3.05) is 44.7 Å². The van der Waals surface area contributed by atoms with Gasteiger partial charge in [-0.1, -0.05) is 18.2 Å². The molecule has 0 aliphatic carbocycles. The minimum absolute atomic E-state index is 0. The van der Waals surface area contributed by atoms with Crippen LogP contribution in [0, 0.1) is 0 Å². The fourth-order valence-corrected chi connectivity index (χ4v) is 3.64. The highest BCUT2D eigenvalue weighted by Gasteiger charge is 2.20. The first-order valence-corrected chi connectivity index (χ1v) is 10.7. The highest BCUT2D eigenvalue weighted by atomic mass is 127. The van der Waals surface area contributed by atoms with Gasteiger partial charge in [-0.2, -0.15) is 0 Å². The predicted molar refractivity (Wildman–Crippen MR) is 139 cm³/mol. The Labute approximate surface area is 206 Å². The van der Waals surface area contributed by atoms with E-state index in [2.05, 4.69) is 39.2 Å². The molecule has 0 saturated carbocycles. The van der Waals surface area contributed by atoms with Crippen LogP contribution in [0.4, 0.5) is 5.69 Å². The normalized spacial score (nSPS) is 14.1. The molecule has 0 atom stereocenters. The third-order valence-corrected chi connectivity index (χ3v) is 5.31. The standard InChI is InChI=1S/C24H29N5O2.HI/c1-3-25-24(26-17-20-18-31-23(27-20)19-7-5-4-6-8-19)29-15-13-28(14-16-29)21-9-11-22(30-2)12-10-21;/h4-12,18H,3,13-17H2,1-2H3,(H,25,26);1H. The Kier molecular flexibility index (Phi) is 8.78. The number of nitrogens with one attached hydrogen (secondary N) is 1. The third kappa shape index (κ3) is 5.93. The molecule has 32 heavy (non-hydrogen) atoms. The maximum absolute atomic E-state index is 5.64. The van der Waals surface area contributed by atoms with E-state index in [9.17, 15) is 0 Å². The zero-order chi connectivity index (χ0) is 21.5. The monoisotopic (exact) mass is 547 g/mol. The highest BCUT2D eigenvalue weighted by Crippen LogP contribution is 2.21. The van der Waals surface area contributed by atoms with Gasteiger partial charge in [-0.25, -0.2) is 9.98 Å². The number of nitrogens with zero attached hydrogens (tertiary/aromatic N) is 4. The molecule has 170 valence electrons. The molecular weight excluding hydrogens is 517 g/mol. The Morgan fingerprint density at radius 3 is 2.44 bits per heavy atom. The molecule has 3 aromatic rings. The first-order chi connectivity index (χ1) is 15.3. The SMILES string of the molecule is CCNC(=NCc1coc(-c2ccccc2)n1)N1CCN(c2ccc(OC)cc2)CC1.I. The van der Waals surface area contributed by atoms with Gasteiger partial charge in [-0.15, -0.1) is 24.0 Å². The number of piperazine rings is 1. The first kappa shape index (κ1) is 23.9. The number of aliphatic imine (C=N–C) groups is 1. The van der Waals surface area contributed by atoms with Crippen molar-refractivity contribution in [2.45, 2.75) is 13.5 Å². The van der Waals surface area contributed by atoms with Crippen LogP contribution in [0.15, 0.2) is 70.3 Å². The van der Waals surface area contributed by atoms with Crippen LogP contribution in [0.3, 0.4) is 0 Å². The number of aromatic nitrogens is 1. The second kappa shape index (κ2) is 11.8. The van der Waals surface area contributed by atoms with Gasteiger partial charge in [0.15, 0.2) is 5.96 Å². The number of rotatable bonds is 6. The van der Waals surface area contributed by atoms with Crippen molar-refractivity contribution in [1.82, 2.24) is 15.2 Å². The first-order valence-electron chi connectivity index (χ1n) is 10.7. The molecule has 0 unspecified atom stereocenters. The second-order valence-electron chi connectivity index (χ2n) is 7.35. The lowest BCUT2D eigenvalue weighted by Crippen LogP contribution is -2.52. The van der Waals surface area contributed by atoms with Gasteiger partial charge in [0.1, 0.15) is 17.7 Å². The molecule has 1 aliphatic rings. The number of ether oxygens (including phenoxy) is 1. The average molecular weight is 547 g/mol. The second-order valence-corrected chi connectivity index (χ2v) is 7.35. The van der Waals surface area contributed by atoms with Gasteiger partial charge < -0.3 is 24.3 Å². The average Bonchev–Trinajstić information content (AvgIpc) is 3.32. The van der Waals surface area contributed by atoms with E-state index in [-0.39, 0.29) is 24.0 Å². The summed E-state index contributed by atoms with van der Waals surface area (Å²) in [6.45, 7) is 7.10. The number of oxazole rings is 1. The smallest absolute Gasteiger partial charge is 0.226 e. The van der Waals surface area contributed by atoms with Crippen molar-refractivity contribution < 1.29 is 9.15 Å². The van der Waals surface area contributed by atoms with Crippen LogP contribution in [0.25, 0.3) is 11.5 Å². The molecule has 4 rings (SSSR count). The fourth-order valence-electron chi connectivity index (χ4n) is 3.64. The zero-order valence-electron chi connectivity index (χ0n) is 18.5. The summed E-state index contributed by atoms with van der Waals surface area (Å²) in [5.74, 6) is 2.43. The molecular formula is C24H30IN5O2. The number of anilines is 1. The summed E-state index contributed by atoms with van der Waals surface area (Å²) in [4.78, 5) is 14.1. The van der Waals surface area contributed by atoms with Crippen LogP contribution < -0.4 is 15.0 Å². The van der Waals surface area contributed by atoms with Crippen molar-refractivity contribution in [3.8, 4) is 17.2 Å². The molecule has 8 heteroatoms. The van der Waals surface area contributed by atoms with Crippen molar-refractivity contribution in [1.29, 1.82) is 0 Å². The number of guanidine groups is 1. The molecule has 0 radical (unpaired) electrons. The summed E-state index contributed by atoms with van der Waals surface area (Å²) in [6.07, 6.45) is 1.69. The highest BCUT2D eigenvalue weighted by molar-refractivity contribution is 14.0. The largest absolute Gasteiger partial charge is 0.497 e. The summed E-state index contributed by atoms with van der Waals surface area (Å²) < 4.78 is 10.9. The quantitative estimate of drug-likeness (QED) is 0.283. The summed E-state index contributed by atoms with van der Waals surface area (Å²) in [5.41, 5.74) is 3.02. The molecule has 1 aromatic heterocycles. The molecule has 1 aliphatic heterocycles. The predicted octanol–water partition coefficient (Wildman–Crippen LogP) is 4.26. The van der Waals surface area contributed by atoms with Gasteiger partial charge in [0.05, 0.1) is 13.7 Å². The van der Waals surface area contributed by atoms with Crippen molar-refractivity contribution in [2.24, 2.45) is 4.99 Å². The topological polar surface area (TPSA) is 66.1 Å². The molecule has 0 spiro atoms. The Balaban J connectivity index is 0.00000289. The maximum Gasteiger partial charge on any atom is 0.226 e. The maximum atomic E-state index is 5.64. The lowest BCUT2D eigenvalue weighted by Gasteiger charge is -2.37. The van der Waals surface area contributed by atoms with Crippen molar-refractivity contribution in [3.63, 3.8) is 0 Å². The van der Waals surface area contributed by atoms with E-state index in [0.717, 1.165) is 55.7 Å². The van der Waals surface area contributed by atoms with E-state index < -0.39 is 0 Å². The van der Waals surface area contributed by atoms with E-state index in [4.69, 9.17) is 14.1 Å². The molecule has 1 fully saturated rings. The van der Waals surface area contributed by atoms with Crippen LogP contribution >= 0.6 is 24.0 Å². The minimum atomic E-state index is 0. The van der Waals surface area contributed by atoms with Crippen LogP contribution in [0.1, 0.15) is 12.6 Å². The molecule has 2 heterocycles. The van der Waals surface area contributed by atoms with Gasteiger partial charge in [-0.05, 0) is 43.3 Å². The lowest BCUT2D eigenvalue weighted by atomic mass is 10.2. The Morgan fingerprint density at radius 1 is 1.06 bits per heavy atom. The zero-order valence-corrected chi connectivity index (χ0v) is 20.9. The molecule has 1 saturated heterocycles. The minimum Gasteiger partial charge on any atom is -0.497 e. The van der Waals surface area contributed by atoms with E-state index in [1.165, 1.54) is 5.69 Å². The van der Waals surface area contributed by atoms with E-state index in [0.29, 0.717) is 12.4 Å². The lowest BCUT2D eigenvalue weighted by molar-refractivity contribution is 0.372. The Bertz CT molecular complexity index is 983. The van der Waals surface area contributed by atoms with E-state index >= 15 is 0 Å². The Hall–Kier alpha value is -2.75. The van der Waals surface area contributed by atoms with Gasteiger partial charge in [0.25, 0.3) is 0 Å². The number of benzene rings is 2.